The van der Waals surface area contributed by atoms with E-state index in [-0.39, 0.29) is 6.33 Å². The molecule has 1 aromatic carbocycles. The highest BCUT2D eigenvalue weighted by Crippen LogP contribution is 2.25. The number of anilines is 1. The van der Waals surface area contributed by atoms with Crippen LogP contribution >= 0.6 is 0 Å². The molecule has 0 bridgehead atoms. The molecule has 1 N–H and O–H groups in total. The zero-order valence-corrected chi connectivity index (χ0v) is 17.3. The molecule has 1 aliphatic rings. The first-order chi connectivity index (χ1) is 13.3. The van der Waals surface area contributed by atoms with Crippen LogP contribution in [0.4, 0.5) is 5.69 Å². The van der Waals surface area contributed by atoms with E-state index in [1.807, 2.05) is 6.08 Å². The average Bonchev–Trinajstić information content (AvgIpc) is 2.89. The molecular formula is C21H27NO5S. The van der Waals surface area contributed by atoms with Crippen molar-refractivity contribution in [2.45, 2.75) is 33.6 Å². The Labute approximate surface area is 166 Å². The summed E-state index contributed by atoms with van der Waals surface area (Å²) >= 11 is 0. The van der Waals surface area contributed by atoms with Crippen LogP contribution in [0.5, 0.6) is 0 Å². The van der Waals surface area contributed by atoms with Crippen LogP contribution in [0.15, 0.2) is 68.4 Å². The Kier molecular flexibility index (Phi) is 7.23. The summed E-state index contributed by atoms with van der Waals surface area (Å²) in [6, 6.07) is 6.39. The number of sulfonamides is 1. The lowest BCUT2D eigenvalue weighted by Crippen LogP contribution is -2.16. The van der Waals surface area contributed by atoms with E-state index in [1.54, 1.807) is 43.3 Å². The second-order valence-electron chi connectivity index (χ2n) is 6.27. The molecule has 28 heavy (non-hydrogen) atoms. The van der Waals surface area contributed by atoms with Gasteiger partial charge < -0.3 is 9.15 Å². The molecule has 0 atom stereocenters. The number of methoxy groups -OCH3 is 1. The quantitative estimate of drug-likeness (QED) is 0.733. The zero-order valence-electron chi connectivity index (χ0n) is 16.5. The molecule has 3 rings (SSSR count). The van der Waals surface area contributed by atoms with E-state index in [0.717, 1.165) is 0 Å². The SMILES string of the molecule is CCC.COC1=C(S(=O)(=O)Nc2ccc3oc(=O)c(C)cc3c2)C=CC=CC1.[HH]. The van der Waals surface area contributed by atoms with Crippen molar-refractivity contribution < 1.29 is 19.0 Å². The maximum atomic E-state index is 12.7. The Hall–Kier alpha value is -2.80. The van der Waals surface area contributed by atoms with Crippen LogP contribution in [0.25, 0.3) is 11.0 Å². The van der Waals surface area contributed by atoms with E-state index in [1.165, 1.54) is 19.6 Å². The van der Waals surface area contributed by atoms with Gasteiger partial charge in [0.25, 0.3) is 10.0 Å². The van der Waals surface area contributed by atoms with Gasteiger partial charge in [-0.05, 0) is 37.3 Å². The minimum Gasteiger partial charge on any atom is -0.499 e. The first kappa shape index (κ1) is 21.5. The van der Waals surface area contributed by atoms with E-state index in [4.69, 9.17) is 9.15 Å². The van der Waals surface area contributed by atoms with Gasteiger partial charge in [-0.2, -0.15) is 0 Å². The predicted octanol–water partition coefficient (Wildman–Crippen LogP) is 4.88. The highest BCUT2D eigenvalue weighted by atomic mass is 32.2. The molecule has 1 heterocycles. The van der Waals surface area contributed by atoms with E-state index >= 15 is 0 Å². The fraction of sp³-hybridized carbons (Fsp3) is 0.286. The summed E-state index contributed by atoms with van der Waals surface area (Å²) in [5.74, 6) is 0.361. The molecule has 0 unspecified atom stereocenters. The smallest absolute Gasteiger partial charge is 0.339 e. The minimum absolute atomic E-state index is 0. The molecule has 0 saturated carbocycles. The van der Waals surface area contributed by atoms with Crippen molar-refractivity contribution in [3.8, 4) is 0 Å². The molecular weight excluding hydrogens is 378 g/mol. The third kappa shape index (κ3) is 5.13. The summed E-state index contributed by atoms with van der Waals surface area (Å²) in [5.41, 5.74) is 0.810. The van der Waals surface area contributed by atoms with Gasteiger partial charge in [-0.3, -0.25) is 4.72 Å². The van der Waals surface area contributed by atoms with Crippen molar-refractivity contribution >= 4 is 26.7 Å². The molecule has 0 saturated heterocycles. The standard InChI is InChI=1S/C18H17NO5S.C3H8.H2/c1-12-10-13-11-14(8-9-15(13)24-18(12)20)19-25(21,22)17-7-5-3-4-6-16(17)23-2;1-3-2;/h3-5,7-11,19H,6H2,1-2H3;3H2,1-2H3;1H. The van der Waals surface area contributed by atoms with Crippen molar-refractivity contribution in [2.75, 3.05) is 11.8 Å². The van der Waals surface area contributed by atoms with Crippen molar-refractivity contribution in [2.24, 2.45) is 0 Å². The molecule has 0 fully saturated rings. The fourth-order valence-electron chi connectivity index (χ4n) is 2.51. The third-order valence-electron chi connectivity index (χ3n) is 3.77. The number of allylic oxidation sites excluding steroid dienone is 4. The summed E-state index contributed by atoms with van der Waals surface area (Å²) < 4.78 is 38.4. The van der Waals surface area contributed by atoms with Crippen LogP contribution in [0.3, 0.4) is 0 Å². The molecule has 0 radical (unpaired) electrons. The van der Waals surface area contributed by atoms with Crippen LogP contribution in [0, 0.1) is 6.92 Å². The molecule has 0 amide bonds. The monoisotopic (exact) mass is 405 g/mol. The Morgan fingerprint density at radius 3 is 2.61 bits per heavy atom. The number of benzene rings is 1. The summed E-state index contributed by atoms with van der Waals surface area (Å²) in [4.78, 5) is 11.6. The second kappa shape index (κ2) is 9.41. The van der Waals surface area contributed by atoms with Gasteiger partial charge in [0.1, 0.15) is 16.2 Å². The number of rotatable bonds is 4. The van der Waals surface area contributed by atoms with E-state index in [0.29, 0.717) is 34.4 Å². The van der Waals surface area contributed by atoms with Gasteiger partial charge in [-0.1, -0.05) is 38.5 Å². The summed E-state index contributed by atoms with van der Waals surface area (Å²) in [6.07, 6.45) is 8.37. The Morgan fingerprint density at radius 1 is 1.21 bits per heavy atom. The van der Waals surface area contributed by atoms with Crippen LogP contribution in [-0.2, 0) is 14.8 Å². The molecule has 0 aliphatic heterocycles. The number of ether oxygens (including phenoxy) is 1. The molecule has 1 aliphatic carbocycles. The molecule has 152 valence electrons. The highest BCUT2D eigenvalue weighted by molar-refractivity contribution is 7.96. The van der Waals surface area contributed by atoms with E-state index in [2.05, 4.69) is 18.6 Å². The normalized spacial score (nSPS) is 13.7. The van der Waals surface area contributed by atoms with Gasteiger partial charge in [0.05, 0.1) is 7.11 Å². The molecule has 0 spiro atoms. The number of aryl methyl sites for hydroxylation is 1. The summed E-state index contributed by atoms with van der Waals surface area (Å²) in [7, 11) is -2.38. The van der Waals surface area contributed by atoms with Crippen molar-refractivity contribution in [1.82, 2.24) is 0 Å². The molecule has 2 aromatic rings. The van der Waals surface area contributed by atoms with Gasteiger partial charge >= 0.3 is 5.63 Å². The topological polar surface area (TPSA) is 85.6 Å². The molecule has 6 nitrogen and oxygen atoms in total. The average molecular weight is 406 g/mol. The number of fused-ring (bicyclic) bond motifs is 1. The number of nitrogens with one attached hydrogen (secondary N) is 1. The zero-order chi connectivity index (χ0) is 20.7. The maximum Gasteiger partial charge on any atom is 0.339 e. The van der Waals surface area contributed by atoms with E-state index in [9.17, 15) is 13.2 Å². The molecule has 1 aromatic heterocycles. The predicted molar refractivity (Wildman–Crippen MR) is 115 cm³/mol. The fourth-order valence-corrected chi connectivity index (χ4v) is 3.79. The number of hydrogen-bond acceptors (Lipinski definition) is 5. The third-order valence-corrected chi connectivity index (χ3v) is 5.21. The first-order valence-electron chi connectivity index (χ1n) is 9.00. The molecule has 7 heteroatoms. The summed E-state index contributed by atoms with van der Waals surface area (Å²) in [6.45, 7) is 5.89. The van der Waals surface area contributed by atoms with Crippen LogP contribution in [0.1, 0.15) is 33.7 Å². The Morgan fingerprint density at radius 2 is 1.93 bits per heavy atom. The van der Waals surface area contributed by atoms with Crippen LogP contribution in [0.2, 0.25) is 0 Å². The highest BCUT2D eigenvalue weighted by Gasteiger charge is 2.21. The van der Waals surface area contributed by atoms with Gasteiger partial charge in [0.15, 0.2) is 0 Å². The Balaban J connectivity index is 0.000000990. The van der Waals surface area contributed by atoms with Crippen molar-refractivity contribution in [3.63, 3.8) is 0 Å². The largest absolute Gasteiger partial charge is 0.499 e. The van der Waals surface area contributed by atoms with Crippen molar-refractivity contribution in [3.05, 3.63) is 75.2 Å². The number of hydrogen-bond donors (Lipinski definition) is 1. The van der Waals surface area contributed by atoms with Crippen LogP contribution < -0.4 is 10.3 Å². The lowest BCUT2D eigenvalue weighted by Gasteiger charge is -2.12. The lowest BCUT2D eigenvalue weighted by atomic mass is 10.2. The van der Waals surface area contributed by atoms with E-state index < -0.39 is 15.6 Å². The lowest BCUT2D eigenvalue weighted by molar-refractivity contribution is 0.283. The van der Waals surface area contributed by atoms with Gasteiger partial charge in [0, 0.05) is 24.5 Å². The van der Waals surface area contributed by atoms with Gasteiger partial charge in [-0.15, -0.1) is 0 Å². The van der Waals surface area contributed by atoms with Crippen molar-refractivity contribution in [1.29, 1.82) is 0 Å². The van der Waals surface area contributed by atoms with Gasteiger partial charge in [0.2, 0.25) is 0 Å². The second-order valence-corrected chi connectivity index (χ2v) is 7.92. The van der Waals surface area contributed by atoms with Crippen LogP contribution in [-0.4, -0.2) is 15.5 Å². The maximum absolute atomic E-state index is 12.7. The van der Waals surface area contributed by atoms with Gasteiger partial charge in [-0.25, -0.2) is 13.2 Å². The minimum atomic E-state index is -3.82. The first-order valence-corrected chi connectivity index (χ1v) is 10.5. The Bertz CT molecular complexity index is 1100. The summed E-state index contributed by atoms with van der Waals surface area (Å²) in [5, 5.41) is 0.635.